The summed E-state index contributed by atoms with van der Waals surface area (Å²) < 4.78 is 7.89. The van der Waals surface area contributed by atoms with Gasteiger partial charge < -0.3 is 25.3 Å². The molecule has 2 aromatic heterocycles. The standard InChI is InChI=1S/C28H33N7O/c1-33-17-20(19-7-4-5-8-24(19)33)22-9-12-30-27(31-22)32-23-15-21(29)25(16-26(23)36-3)35-14-11-28(18-35)10-6-13-34(28)2/h4-5,7-9,12,15-17H,6,10-11,13-14,18,29H2,1-3H3,(H,30,31,32). The van der Waals surface area contributed by atoms with E-state index in [1.807, 2.05) is 37.4 Å². The lowest BCUT2D eigenvalue weighted by molar-refractivity contribution is 0.198. The Labute approximate surface area is 211 Å². The Bertz CT molecular complexity index is 1430. The van der Waals surface area contributed by atoms with Crippen molar-refractivity contribution >= 4 is 33.9 Å². The van der Waals surface area contributed by atoms with E-state index < -0.39 is 0 Å². The minimum Gasteiger partial charge on any atom is -0.494 e. The lowest BCUT2D eigenvalue weighted by atomic mass is 9.96. The van der Waals surface area contributed by atoms with E-state index in [-0.39, 0.29) is 5.54 Å². The molecular weight excluding hydrogens is 450 g/mol. The molecule has 0 radical (unpaired) electrons. The Kier molecular flexibility index (Phi) is 5.48. The molecule has 2 aliphatic heterocycles. The van der Waals surface area contributed by atoms with E-state index in [2.05, 4.69) is 50.0 Å². The number of likely N-dealkylation sites (N-methyl/N-ethyl adjacent to an activating group) is 1. The molecule has 0 bridgehead atoms. The quantitative estimate of drug-likeness (QED) is 0.400. The zero-order valence-electron chi connectivity index (χ0n) is 21.2. The van der Waals surface area contributed by atoms with Crippen molar-refractivity contribution in [1.82, 2.24) is 19.4 Å². The highest BCUT2D eigenvalue weighted by atomic mass is 16.5. The minimum atomic E-state index is 0.270. The molecule has 0 saturated carbocycles. The molecule has 2 fully saturated rings. The Balaban J connectivity index is 1.29. The van der Waals surface area contributed by atoms with E-state index in [9.17, 15) is 0 Å². The monoisotopic (exact) mass is 483 g/mol. The number of nitrogens with two attached hydrogens (primary N) is 1. The molecule has 0 amide bonds. The summed E-state index contributed by atoms with van der Waals surface area (Å²) in [5.41, 5.74) is 12.5. The number of benzene rings is 2. The highest BCUT2D eigenvalue weighted by Crippen LogP contribution is 2.43. The Hall–Kier alpha value is -3.78. The van der Waals surface area contributed by atoms with Gasteiger partial charge in [-0.05, 0) is 51.1 Å². The maximum Gasteiger partial charge on any atom is 0.227 e. The molecule has 3 N–H and O–H groups in total. The fourth-order valence-corrected chi connectivity index (χ4v) is 6.01. The number of anilines is 4. The predicted octanol–water partition coefficient (Wildman–Crippen LogP) is 4.64. The number of likely N-dealkylation sites (tertiary alicyclic amines) is 1. The first-order chi connectivity index (χ1) is 17.5. The molecule has 2 aromatic carbocycles. The maximum atomic E-state index is 6.59. The average Bonchev–Trinajstić information content (AvgIpc) is 3.58. The van der Waals surface area contributed by atoms with Crippen molar-refractivity contribution < 1.29 is 4.74 Å². The topological polar surface area (TPSA) is 84.5 Å². The number of nitrogens with one attached hydrogen (secondary N) is 1. The highest BCUT2D eigenvalue weighted by Gasteiger charge is 2.44. The molecule has 1 spiro atoms. The largest absolute Gasteiger partial charge is 0.494 e. The number of fused-ring (bicyclic) bond motifs is 1. The summed E-state index contributed by atoms with van der Waals surface area (Å²) in [5.74, 6) is 1.22. The number of nitrogen functional groups attached to an aromatic ring is 1. The van der Waals surface area contributed by atoms with Gasteiger partial charge in [0.05, 0.1) is 29.9 Å². The van der Waals surface area contributed by atoms with E-state index in [1.54, 1.807) is 13.3 Å². The van der Waals surface area contributed by atoms with Crippen LogP contribution in [0, 0.1) is 0 Å². The molecule has 36 heavy (non-hydrogen) atoms. The summed E-state index contributed by atoms with van der Waals surface area (Å²) in [6.07, 6.45) is 7.57. The van der Waals surface area contributed by atoms with Crippen LogP contribution in [0.1, 0.15) is 19.3 Å². The zero-order valence-corrected chi connectivity index (χ0v) is 21.2. The molecular formula is C28H33N7O. The van der Waals surface area contributed by atoms with Crippen LogP contribution in [0.3, 0.4) is 0 Å². The third kappa shape index (κ3) is 3.73. The molecule has 4 aromatic rings. The number of para-hydroxylation sites is 1. The van der Waals surface area contributed by atoms with Crippen LogP contribution in [0.2, 0.25) is 0 Å². The fourth-order valence-electron chi connectivity index (χ4n) is 6.01. The van der Waals surface area contributed by atoms with Gasteiger partial charge in [-0.1, -0.05) is 18.2 Å². The molecule has 0 aliphatic carbocycles. The molecule has 6 rings (SSSR count). The second kappa shape index (κ2) is 8.71. The number of nitrogens with zero attached hydrogens (tertiary/aromatic N) is 5. The average molecular weight is 484 g/mol. The van der Waals surface area contributed by atoms with Gasteiger partial charge in [0.25, 0.3) is 0 Å². The number of hydrogen-bond donors (Lipinski definition) is 2. The first kappa shape index (κ1) is 22.7. The van der Waals surface area contributed by atoms with Gasteiger partial charge in [0.1, 0.15) is 5.75 Å². The van der Waals surface area contributed by atoms with Gasteiger partial charge in [-0.25, -0.2) is 9.97 Å². The van der Waals surface area contributed by atoms with E-state index in [4.69, 9.17) is 15.5 Å². The van der Waals surface area contributed by atoms with Gasteiger partial charge in [-0.3, -0.25) is 4.90 Å². The van der Waals surface area contributed by atoms with Gasteiger partial charge in [0.15, 0.2) is 0 Å². The fraction of sp³-hybridized carbons (Fsp3) is 0.357. The molecule has 1 atom stereocenters. The van der Waals surface area contributed by atoms with E-state index in [1.165, 1.54) is 25.8 Å². The number of aryl methyl sites for hydroxylation is 1. The molecule has 8 nitrogen and oxygen atoms in total. The third-order valence-electron chi connectivity index (χ3n) is 8.04. The zero-order chi connectivity index (χ0) is 24.9. The van der Waals surface area contributed by atoms with Crippen LogP contribution in [0.25, 0.3) is 22.2 Å². The third-order valence-corrected chi connectivity index (χ3v) is 8.04. The first-order valence-electron chi connectivity index (χ1n) is 12.6. The second-order valence-electron chi connectivity index (χ2n) is 10.1. The predicted molar refractivity (Wildman–Crippen MR) is 146 cm³/mol. The van der Waals surface area contributed by atoms with Crippen molar-refractivity contribution in [2.45, 2.75) is 24.8 Å². The summed E-state index contributed by atoms with van der Waals surface area (Å²) >= 11 is 0. The van der Waals surface area contributed by atoms with Crippen molar-refractivity contribution in [1.29, 1.82) is 0 Å². The van der Waals surface area contributed by atoms with Gasteiger partial charge in [0.2, 0.25) is 5.95 Å². The van der Waals surface area contributed by atoms with Crippen molar-refractivity contribution in [3.8, 4) is 17.0 Å². The Morgan fingerprint density at radius 2 is 1.94 bits per heavy atom. The van der Waals surface area contributed by atoms with E-state index in [0.717, 1.165) is 58.1 Å². The van der Waals surface area contributed by atoms with Crippen molar-refractivity contribution in [3.05, 3.63) is 54.9 Å². The molecule has 2 saturated heterocycles. The van der Waals surface area contributed by atoms with Crippen LogP contribution in [0.15, 0.2) is 54.9 Å². The summed E-state index contributed by atoms with van der Waals surface area (Å²) in [5, 5.41) is 4.50. The summed E-state index contributed by atoms with van der Waals surface area (Å²) in [7, 11) is 5.98. The Morgan fingerprint density at radius 3 is 2.75 bits per heavy atom. The van der Waals surface area contributed by atoms with Crippen LogP contribution in [-0.4, -0.2) is 58.8 Å². The van der Waals surface area contributed by atoms with Crippen molar-refractivity contribution in [2.24, 2.45) is 7.05 Å². The summed E-state index contributed by atoms with van der Waals surface area (Å²) in [6, 6.07) is 14.2. The number of hydrogen-bond acceptors (Lipinski definition) is 7. The molecule has 8 heteroatoms. The highest BCUT2D eigenvalue weighted by molar-refractivity contribution is 5.95. The van der Waals surface area contributed by atoms with Gasteiger partial charge in [-0.15, -0.1) is 0 Å². The van der Waals surface area contributed by atoms with Gasteiger partial charge in [0, 0.05) is 60.6 Å². The number of methoxy groups -OCH3 is 1. The molecule has 4 heterocycles. The van der Waals surface area contributed by atoms with Crippen LogP contribution < -0.4 is 20.7 Å². The first-order valence-corrected chi connectivity index (χ1v) is 12.6. The van der Waals surface area contributed by atoms with Gasteiger partial charge in [-0.2, -0.15) is 0 Å². The van der Waals surface area contributed by atoms with Crippen LogP contribution >= 0.6 is 0 Å². The smallest absolute Gasteiger partial charge is 0.227 e. The number of aromatic nitrogens is 3. The van der Waals surface area contributed by atoms with Gasteiger partial charge >= 0.3 is 0 Å². The van der Waals surface area contributed by atoms with Crippen molar-refractivity contribution in [2.75, 3.05) is 49.7 Å². The van der Waals surface area contributed by atoms with Crippen LogP contribution in [0.4, 0.5) is 23.0 Å². The number of ether oxygens (including phenoxy) is 1. The molecule has 186 valence electrons. The normalized spacial score (nSPS) is 20.0. The van der Waals surface area contributed by atoms with E-state index >= 15 is 0 Å². The lowest BCUT2D eigenvalue weighted by Gasteiger charge is -2.32. The lowest BCUT2D eigenvalue weighted by Crippen LogP contribution is -2.43. The summed E-state index contributed by atoms with van der Waals surface area (Å²) in [6.45, 7) is 3.17. The van der Waals surface area contributed by atoms with E-state index in [0.29, 0.717) is 5.95 Å². The molecule has 1 unspecified atom stereocenters. The summed E-state index contributed by atoms with van der Waals surface area (Å²) in [4.78, 5) is 14.2. The molecule has 2 aliphatic rings. The van der Waals surface area contributed by atoms with Crippen molar-refractivity contribution in [3.63, 3.8) is 0 Å². The van der Waals surface area contributed by atoms with Crippen LogP contribution in [0.5, 0.6) is 5.75 Å². The Morgan fingerprint density at radius 1 is 1.08 bits per heavy atom. The second-order valence-corrected chi connectivity index (χ2v) is 10.1. The number of rotatable bonds is 5. The SMILES string of the molecule is COc1cc(N2CCC3(CCCN3C)C2)c(N)cc1Nc1nccc(-c2cn(C)c3ccccc23)n1. The maximum absolute atomic E-state index is 6.59. The minimum absolute atomic E-state index is 0.270. The van der Waals surface area contributed by atoms with Crippen LogP contribution in [-0.2, 0) is 7.05 Å².